The standard InChI is InChI=1S/C13H15ClO2/c1-9-7-11(5-3-4-6-14)8-10(2)12(9)13(15)16/h3,5,7-8H,4,6H2,1-2H3,(H,15,16). The van der Waals surface area contributed by atoms with Crippen LogP contribution in [0.5, 0.6) is 0 Å². The quantitative estimate of drug-likeness (QED) is 0.813. The van der Waals surface area contributed by atoms with E-state index in [9.17, 15) is 4.79 Å². The molecule has 3 heteroatoms. The number of aryl methyl sites for hydroxylation is 2. The summed E-state index contributed by atoms with van der Waals surface area (Å²) in [5.41, 5.74) is 3.00. The van der Waals surface area contributed by atoms with Gasteiger partial charge in [0.1, 0.15) is 0 Å². The van der Waals surface area contributed by atoms with Crippen LogP contribution in [0.15, 0.2) is 18.2 Å². The smallest absolute Gasteiger partial charge is 0.336 e. The average molecular weight is 239 g/mol. The molecule has 0 saturated carbocycles. The molecule has 0 aliphatic carbocycles. The monoisotopic (exact) mass is 238 g/mol. The van der Waals surface area contributed by atoms with Crippen molar-refractivity contribution in [1.82, 2.24) is 0 Å². The van der Waals surface area contributed by atoms with Crippen LogP contribution in [0, 0.1) is 13.8 Å². The lowest BCUT2D eigenvalue weighted by Gasteiger charge is -2.06. The highest BCUT2D eigenvalue weighted by Gasteiger charge is 2.10. The maximum absolute atomic E-state index is 11.0. The number of benzene rings is 1. The third-order valence-electron chi connectivity index (χ3n) is 2.35. The number of hydrogen-bond acceptors (Lipinski definition) is 1. The summed E-state index contributed by atoms with van der Waals surface area (Å²) in [6.07, 6.45) is 4.77. The lowest BCUT2D eigenvalue weighted by atomic mass is 9.99. The second-order valence-corrected chi connectivity index (χ2v) is 4.09. The molecule has 86 valence electrons. The molecule has 2 nitrogen and oxygen atoms in total. The van der Waals surface area contributed by atoms with Gasteiger partial charge >= 0.3 is 5.97 Å². The molecule has 1 aromatic carbocycles. The van der Waals surface area contributed by atoms with Gasteiger partial charge in [-0.1, -0.05) is 24.3 Å². The topological polar surface area (TPSA) is 37.3 Å². The highest BCUT2D eigenvalue weighted by Crippen LogP contribution is 2.17. The Hall–Kier alpha value is -1.28. The van der Waals surface area contributed by atoms with Crippen LogP contribution in [-0.2, 0) is 0 Å². The van der Waals surface area contributed by atoms with Crippen molar-refractivity contribution < 1.29 is 9.90 Å². The molecule has 1 aromatic rings. The third-order valence-corrected chi connectivity index (χ3v) is 2.57. The van der Waals surface area contributed by atoms with Gasteiger partial charge in [0.05, 0.1) is 5.56 Å². The number of rotatable bonds is 4. The Morgan fingerprint density at radius 3 is 2.38 bits per heavy atom. The summed E-state index contributed by atoms with van der Waals surface area (Å²) in [5.74, 6) is -0.270. The molecule has 0 aliphatic rings. The van der Waals surface area contributed by atoms with Gasteiger partial charge < -0.3 is 5.11 Å². The minimum atomic E-state index is -0.869. The van der Waals surface area contributed by atoms with Gasteiger partial charge in [0.2, 0.25) is 0 Å². The van der Waals surface area contributed by atoms with E-state index in [4.69, 9.17) is 16.7 Å². The van der Waals surface area contributed by atoms with Crippen molar-refractivity contribution in [1.29, 1.82) is 0 Å². The summed E-state index contributed by atoms with van der Waals surface area (Å²) in [6, 6.07) is 3.75. The molecule has 0 atom stereocenters. The summed E-state index contributed by atoms with van der Waals surface area (Å²) in [6.45, 7) is 3.63. The van der Waals surface area contributed by atoms with Crippen molar-refractivity contribution in [2.45, 2.75) is 20.3 Å². The first-order chi connectivity index (χ1) is 7.56. The summed E-state index contributed by atoms with van der Waals surface area (Å²) in [5, 5.41) is 9.02. The number of carboxylic acids is 1. The SMILES string of the molecule is Cc1cc(C=CCCCl)cc(C)c1C(=O)O. The highest BCUT2D eigenvalue weighted by molar-refractivity contribution is 6.17. The Labute approximate surface area is 101 Å². The van der Waals surface area contributed by atoms with Crippen molar-refractivity contribution in [2.75, 3.05) is 5.88 Å². The number of alkyl halides is 1. The van der Waals surface area contributed by atoms with E-state index in [1.165, 1.54) is 0 Å². The number of aromatic carboxylic acids is 1. The fraction of sp³-hybridized carbons (Fsp3) is 0.308. The molecular weight excluding hydrogens is 224 g/mol. The molecule has 0 bridgehead atoms. The van der Waals surface area contributed by atoms with E-state index >= 15 is 0 Å². The van der Waals surface area contributed by atoms with Gasteiger partial charge in [0.15, 0.2) is 0 Å². The molecule has 0 amide bonds. The van der Waals surface area contributed by atoms with E-state index in [1.807, 2.05) is 38.1 Å². The maximum atomic E-state index is 11.0. The Kier molecular flexibility index (Phi) is 4.56. The van der Waals surface area contributed by atoms with Crippen LogP contribution >= 0.6 is 11.6 Å². The number of allylic oxidation sites excluding steroid dienone is 1. The number of carbonyl (C=O) groups is 1. The van der Waals surface area contributed by atoms with Crippen LogP contribution in [0.25, 0.3) is 6.08 Å². The Morgan fingerprint density at radius 1 is 1.38 bits per heavy atom. The van der Waals surface area contributed by atoms with Crippen molar-refractivity contribution >= 4 is 23.6 Å². The first kappa shape index (κ1) is 12.8. The van der Waals surface area contributed by atoms with Gasteiger partial charge in [-0.15, -0.1) is 11.6 Å². The molecule has 0 heterocycles. The van der Waals surface area contributed by atoms with Gasteiger partial charge in [0.25, 0.3) is 0 Å². The minimum absolute atomic E-state index is 0.398. The molecule has 0 radical (unpaired) electrons. The van der Waals surface area contributed by atoms with Crippen LogP contribution in [0.1, 0.15) is 33.5 Å². The lowest BCUT2D eigenvalue weighted by Crippen LogP contribution is -2.03. The molecule has 1 rings (SSSR count). The molecule has 0 spiro atoms. The average Bonchev–Trinajstić information content (AvgIpc) is 2.16. The summed E-state index contributed by atoms with van der Waals surface area (Å²) < 4.78 is 0. The summed E-state index contributed by atoms with van der Waals surface area (Å²) in [4.78, 5) is 11.0. The van der Waals surface area contributed by atoms with Crippen molar-refractivity contribution in [3.63, 3.8) is 0 Å². The van der Waals surface area contributed by atoms with E-state index in [2.05, 4.69) is 0 Å². The zero-order valence-corrected chi connectivity index (χ0v) is 10.2. The molecule has 0 fully saturated rings. The van der Waals surface area contributed by atoms with E-state index in [1.54, 1.807) is 0 Å². The molecule has 0 aromatic heterocycles. The van der Waals surface area contributed by atoms with Gasteiger partial charge in [-0.2, -0.15) is 0 Å². The van der Waals surface area contributed by atoms with Gasteiger partial charge in [0, 0.05) is 5.88 Å². The molecule has 1 N–H and O–H groups in total. The van der Waals surface area contributed by atoms with Crippen LogP contribution in [0.4, 0.5) is 0 Å². The zero-order valence-electron chi connectivity index (χ0n) is 9.46. The van der Waals surface area contributed by atoms with Gasteiger partial charge in [-0.3, -0.25) is 0 Å². The maximum Gasteiger partial charge on any atom is 0.336 e. The summed E-state index contributed by atoms with van der Waals surface area (Å²) in [7, 11) is 0. The Balaban J connectivity index is 3.05. The van der Waals surface area contributed by atoms with Crippen molar-refractivity contribution in [2.24, 2.45) is 0 Å². The predicted molar refractivity (Wildman–Crippen MR) is 67.2 cm³/mol. The minimum Gasteiger partial charge on any atom is -0.478 e. The van der Waals surface area contributed by atoms with Crippen molar-refractivity contribution in [3.05, 3.63) is 40.5 Å². The molecule has 16 heavy (non-hydrogen) atoms. The number of carboxylic acid groups (broad SMARTS) is 1. The second kappa shape index (κ2) is 5.71. The van der Waals surface area contributed by atoms with Crippen molar-refractivity contribution in [3.8, 4) is 0 Å². The third kappa shape index (κ3) is 3.11. The van der Waals surface area contributed by atoms with E-state index < -0.39 is 5.97 Å². The normalized spacial score (nSPS) is 10.9. The lowest BCUT2D eigenvalue weighted by molar-refractivity contribution is 0.0695. The molecular formula is C13H15ClO2. The van der Waals surface area contributed by atoms with Crippen LogP contribution in [-0.4, -0.2) is 17.0 Å². The van der Waals surface area contributed by atoms with E-state index in [0.29, 0.717) is 11.4 Å². The van der Waals surface area contributed by atoms with E-state index in [0.717, 1.165) is 23.1 Å². The second-order valence-electron chi connectivity index (χ2n) is 3.71. The fourth-order valence-corrected chi connectivity index (χ4v) is 1.84. The Morgan fingerprint density at radius 2 is 1.94 bits per heavy atom. The first-order valence-corrected chi connectivity index (χ1v) is 5.66. The van der Waals surface area contributed by atoms with Crippen LogP contribution < -0.4 is 0 Å². The number of halogens is 1. The summed E-state index contributed by atoms with van der Waals surface area (Å²) >= 11 is 5.57. The van der Waals surface area contributed by atoms with Gasteiger partial charge in [-0.05, 0) is 37.0 Å². The van der Waals surface area contributed by atoms with Crippen LogP contribution in [0.3, 0.4) is 0 Å². The Bertz CT molecular complexity index is 399. The largest absolute Gasteiger partial charge is 0.478 e. The highest BCUT2D eigenvalue weighted by atomic mass is 35.5. The van der Waals surface area contributed by atoms with Crippen LogP contribution in [0.2, 0.25) is 0 Å². The predicted octanol–water partition coefficient (Wildman–Crippen LogP) is 3.64. The fourth-order valence-electron chi connectivity index (χ4n) is 1.71. The first-order valence-electron chi connectivity index (χ1n) is 5.13. The number of hydrogen-bond donors (Lipinski definition) is 1. The zero-order chi connectivity index (χ0) is 12.1. The molecule has 0 unspecified atom stereocenters. The van der Waals surface area contributed by atoms with E-state index in [-0.39, 0.29) is 0 Å². The molecule has 0 aliphatic heterocycles. The van der Waals surface area contributed by atoms with Gasteiger partial charge in [-0.25, -0.2) is 4.79 Å². The molecule has 0 saturated heterocycles.